The number of nitrogens with one attached hydrogen (secondary N) is 1. The van der Waals surface area contributed by atoms with Crippen molar-refractivity contribution in [3.05, 3.63) is 62.3 Å². The molecule has 1 aromatic carbocycles. The molecule has 0 saturated heterocycles. The van der Waals surface area contributed by atoms with Gasteiger partial charge in [-0.1, -0.05) is 28.9 Å². The molecule has 2 nitrogen and oxygen atoms in total. The molecule has 0 amide bonds. The van der Waals surface area contributed by atoms with Crippen molar-refractivity contribution in [3.8, 4) is 0 Å². The first kappa shape index (κ1) is 16.7. The lowest BCUT2D eigenvalue weighted by atomic mass is 9.97. The predicted molar refractivity (Wildman–Crippen MR) is 95.6 cm³/mol. The highest BCUT2D eigenvalue weighted by molar-refractivity contribution is 9.10. The number of aromatic nitrogens is 1. The normalized spacial score (nSPS) is 12.4. The summed E-state index contributed by atoms with van der Waals surface area (Å²) in [6.07, 6.45) is 3.89. The number of hydrogen-bond acceptors (Lipinski definition) is 2. The maximum absolute atomic E-state index is 4.50. The van der Waals surface area contributed by atoms with Crippen LogP contribution in [0.3, 0.4) is 0 Å². The molecule has 0 spiro atoms. The minimum Gasteiger partial charge on any atom is -0.310 e. The van der Waals surface area contributed by atoms with Crippen molar-refractivity contribution in [2.45, 2.75) is 32.7 Å². The third-order valence-corrected chi connectivity index (χ3v) is 4.41. The summed E-state index contributed by atoms with van der Waals surface area (Å²) in [6.45, 7) is 5.36. The van der Waals surface area contributed by atoms with Gasteiger partial charge in [0.2, 0.25) is 0 Å². The molecule has 2 rings (SSSR count). The smallest absolute Gasteiger partial charge is 0.0423 e. The van der Waals surface area contributed by atoms with E-state index in [0.29, 0.717) is 6.04 Å². The van der Waals surface area contributed by atoms with Gasteiger partial charge in [0.25, 0.3) is 0 Å². The van der Waals surface area contributed by atoms with Gasteiger partial charge in [0.05, 0.1) is 0 Å². The van der Waals surface area contributed by atoms with E-state index in [4.69, 9.17) is 0 Å². The van der Waals surface area contributed by atoms with Crippen LogP contribution in [0.25, 0.3) is 0 Å². The minimum absolute atomic E-state index is 0.298. The first-order valence-corrected chi connectivity index (χ1v) is 8.78. The van der Waals surface area contributed by atoms with Gasteiger partial charge in [0, 0.05) is 33.3 Å². The lowest BCUT2D eigenvalue weighted by Gasteiger charge is -2.21. The zero-order chi connectivity index (χ0) is 15.2. The van der Waals surface area contributed by atoms with E-state index >= 15 is 0 Å². The molecule has 1 aromatic heterocycles. The van der Waals surface area contributed by atoms with Crippen molar-refractivity contribution < 1.29 is 0 Å². The van der Waals surface area contributed by atoms with Gasteiger partial charge in [-0.3, -0.25) is 4.98 Å². The molecule has 0 fully saturated rings. The Morgan fingerprint density at radius 1 is 1.14 bits per heavy atom. The average Bonchev–Trinajstić information content (AvgIpc) is 2.46. The van der Waals surface area contributed by atoms with Crippen LogP contribution in [-0.4, -0.2) is 11.5 Å². The number of aryl methyl sites for hydroxylation is 1. The zero-order valence-electron chi connectivity index (χ0n) is 12.4. The molecule has 4 heteroatoms. The van der Waals surface area contributed by atoms with Crippen molar-refractivity contribution in [1.29, 1.82) is 0 Å². The highest BCUT2D eigenvalue weighted by Crippen LogP contribution is 2.24. The van der Waals surface area contributed by atoms with E-state index in [1.165, 1.54) is 11.1 Å². The van der Waals surface area contributed by atoms with Crippen LogP contribution in [0.2, 0.25) is 0 Å². The molecule has 0 saturated carbocycles. The maximum atomic E-state index is 4.50. The number of benzene rings is 1. The summed E-state index contributed by atoms with van der Waals surface area (Å²) < 4.78 is 2.14. The number of pyridine rings is 1. The Morgan fingerprint density at radius 3 is 2.52 bits per heavy atom. The van der Waals surface area contributed by atoms with Crippen LogP contribution in [0.1, 0.15) is 36.2 Å². The van der Waals surface area contributed by atoms with E-state index in [9.17, 15) is 0 Å². The zero-order valence-corrected chi connectivity index (χ0v) is 15.5. The van der Waals surface area contributed by atoms with E-state index in [0.717, 1.165) is 34.0 Å². The van der Waals surface area contributed by atoms with E-state index in [-0.39, 0.29) is 0 Å². The van der Waals surface area contributed by atoms with E-state index in [1.54, 1.807) is 0 Å². The highest BCUT2D eigenvalue weighted by Gasteiger charge is 2.14. The molecule has 1 heterocycles. The SMILES string of the molecule is CCCNC(Cc1ccc(Br)cn1)c1ccc(Br)cc1C. The van der Waals surface area contributed by atoms with Gasteiger partial charge in [-0.15, -0.1) is 0 Å². The summed E-state index contributed by atoms with van der Waals surface area (Å²) in [5.74, 6) is 0. The highest BCUT2D eigenvalue weighted by atomic mass is 79.9. The van der Waals surface area contributed by atoms with Gasteiger partial charge in [0.1, 0.15) is 0 Å². The fraction of sp³-hybridized carbons (Fsp3) is 0.353. The Kier molecular flexibility index (Phi) is 6.40. The third kappa shape index (κ3) is 4.90. The number of hydrogen-bond donors (Lipinski definition) is 1. The Labute approximate surface area is 143 Å². The molecule has 0 radical (unpaired) electrons. The molecule has 1 N–H and O–H groups in total. The summed E-state index contributed by atoms with van der Waals surface area (Å²) in [6, 6.07) is 10.9. The van der Waals surface area contributed by atoms with Gasteiger partial charge in [-0.05, 0) is 71.2 Å². The lowest BCUT2D eigenvalue weighted by Crippen LogP contribution is -2.25. The molecule has 1 unspecified atom stereocenters. The second kappa shape index (κ2) is 8.06. The van der Waals surface area contributed by atoms with Crippen molar-refractivity contribution in [1.82, 2.24) is 10.3 Å². The van der Waals surface area contributed by atoms with Crippen LogP contribution >= 0.6 is 31.9 Å². The van der Waals surface area contributed by atoms with Crippen LogP contribution in [0.4, 0.5) is 0 Å². The summed E-state index contributed by atoms with van der Waals surface area (Å²) in [5, 5.41) is 3.64. The lowest BCUT2D eigenvalue weighted by molar-refractivity contribution is 0.522. The van der Waals surface area contributed by atoms with E-state index in [1.807, 2.05) is 12.3 Å². The van der Waals surface area contributed by atoms with Crippen LogP contribution in [0.15, 0.2) is 45.5 Å². The molecule has 0 aliphatic carbocycles. The number of rotatable bonds is 6. The molecule has 2 aromatic rings. The van der Waals surface area contributed by atoms with Crippen LogP contribution in [-0.2, 0) is 6.42 Å². The second-order valence-corrected chi connectivity index (χ2v) is 7.01. The average molecular weight is 412 g/mol. The first-order valence-electron chi connectivity index (χ1n) is 7.20. The third-order valence-electron chi connectivity index (χ3n) is 3.45. The molecule has 1 atom stereocenters. The van der Waals surface area contributed by atoms with E-state index < -0.39 is 0 Å². The predicted octanol–water partition coefficient (Wildman–Crippen LogP) is 5.20. The maximum Gasteiger partial charge on any atom is 0.0423 e. The van der Waals surface area contributed by atoms with Gasteiger partial charge in [-0.2, -0.15) is 0 Å². The van der Waals surface area contributed by atoms with Gasteiger partial charge in [0.15, 0.2) is 0 Å². The molecular formula is C17H20Br2N2. The number of nitrogens with zero attached hydrogens (tertiary/aromatic N) is 1. The molecule has 0 aliphatic rings. The van der Waals surface area contributed by atoms with Crippen molar-refractivity contribution >= 4 is 31.9 Å². The Hall–Kier alpha value is -0.710. The minimum atomic E-state index is 0.298. The summed E-state index contributed by atoms with van der Waals surface area (Å²) in [7, 11) is 0. The van der Waals surface area contributed by atoms with Gasteiger partial charge >= 0.3 is 0 Å². The molecule has 0 bridgehead atoms. The molecule has 0 aliphatic heterocycles. The summed E-state index contributed by atoms with van der Waals surface area (Å²) in [5.41, 5.74) is 3.75. The topological polar surface area (TPSA) is 24.9 Å². The number of halogens is 2. The molecule has 112 valence electrons. The largest absolute Gasteiger partial charge is 0.310 e. The van der Waals surface area contributed by atoms with E-state index in [2.05, 4.69) is 80.3 Å². The summed E-state index contributed by atoms with van der Waals surface area (Å²) >= 11 is 6.97. The Morgan fingerprint density at radius 2 is 1.90 bits per heavy atom. The standard InChI is InChI=1S/C17H20Br2N2/c1-3-8-20-17(10-15-6-4-14(19)11-21-15)16-7-5-13(18)9-12(16)2/h4-7,9,11,17,20H,3,8,10H2,1-2H3. The van der Waals surface area contributed by atoms with Crippen molar-refractivity contribution in [2.75, 3.05) is 6.54 Å². The molecule has 21 heavy (non-hydrogen) atoms. The quantitative estimate of drug-likeness (QED) is 0.706. The van der Waals surface area contributed by atoms with Crippen molar-refractivity contribution in [2.24, 2.45) is 0 Å². The monoisotopic (exact) mass is 410 g/mol. The fourth-order valence-corrected chi connectivity index (χ4v) is 3.09. The van der Waals surface area contributed by atoms with Crippen molar-refractivity contribution in [3.63, 3.8) is 0 Å². The van der Waals surface area contributed by atoms with Crippen LogP contribution < -0.4 is 5.32 Å². The Balaban J connectivity index is 2.22. The van der Waals surface area contributed by atoms with Gasteiger partial charge in [-0.25, -0.2) is 0 Å². The fourth-order valence-electron chi connectivity index (χ4n) is 2.38. The summed E-state index contributed by atoms with van der Waals surface area (Å²) in [4.78, 5) is 4.50. The Bertz CT molecular complexity index is 582. The van der Waals surface area contributed by atoms with Crippen LogP contribution in [0.5, 0.6) is 0 Å². The second-order valence-electron chi connectivity index (χ2n) is 5.18. The molecular weight excluding hydrogens is 392 g/mol. The van der Waals surface area contributed by atoms with Gasteiger partial charge < -0.3 is 5.32 Å². The first-order chi connectivity index (χ1) is 10.1. The van der Waals surface area contributed by atoms with Crippen LogP contribution in [0, 0.1) is 6.92 Å².